The topological polar surface area (TPSA) is 80.0 Å². The van der Waals surface area contributed by atoms with Crippen molar-refractivity contribution in [3.8, 4) is 11.5 Å². The van der Waals surface area contributed by atoms with Crippen LogP contribution in [0.2, 0.25) is 0 Å². The molecule has 3 aromatic rings. The number of hydrogen-bond acceptors (Lipinski definition) is 4. The van der Waals surface area contributed by atoms with Crippen LogP contribution in [0.5, 0.6) is 0 Å². The van der Waals surface area contributed by atoms with Crippen molar-refractivity contribution >= 4 is 5.91 Å². The molecule has 1 saturated heterocycles. The van der Waals surface area contributed by atoms with Crippen LogP contribution in [0, 0.1) is 6.92 Å². The third-order valence-electron chi connectivity index (χ3n) is 4.43. The summed E-state index contributed by atoms with van der Waals surface area (Å²) in [6, 6.07) is 5.57. The smallest absolute Gasteiger partial charge is 0.274 e. The molecule has 7 nitrogen and oxygen atoms in total. The monoisotopic (exact) mass is 325 g/mol. The maximum atomic E-state index is 12.9. The van der Waals surface area contributed by atoms with Crippen LogP contribution in [0.4, 0.5) is 0 Å². The predicted octanol–water partition coefficient (Wildman–Crippen LogP) is 2.69. The second kappa shape index (κ2) is 5.67. The first kappa shape index (κ1) is 14.7. The van der Waals surface area contributed by atoms with Crippen LogP contribution in [0.1, 0.15) is 40.7 Å². The number of furan rings is 1. The number of nitrogens with zero attached hydrogens (tertiary/aromatic N) is 4. The molecule has 4 rings (SSSR count). The van der Waals surface area contributed by atoms with Gasteiger partial charge in [-0.25, -0.2) is 0 Å². The number of hydrogen-bond donors (Lipinski definition) is 1. The fraction of sp³-hybridized carbons (Fsp3) is 0.353. The van der Waals surface area contributed by atoms with Crippen molar-refractivity contribution in [1.82, 2.24) is 24.9 Å². The van der Waals surface area contributed by atoms with Crippen molar-refractivity contribution in [3.05, 3.63) is 47.6 Å². The molecule has 0 unspecified atom stereocenters. The minimum absolute atomic E-state index is 0.0628. The van der Waals surface area contributed by atoms with Crippen LogP contribution in [0.25, 0.3) is 11.5 Å². The van der Waals surface area contributed by atoms with Crippen LogP contribution < -0.4 is 0 Å². The molecule has 0 saturated carbocycles. The first-order chi connectivity index (χ1) is 11.6. The molecule has 7 heteroatoms. The highest BCUT2D eigenvalue weighted by atomic mass is 16.3. The van der Waals surface area contributed by atoms with Gasteiger partial charge in [-0.05, 0) is 31.9 Å². The highest BCUT2D eigenvalue weighted by Gasteiger charge is 2.32. The average molecular weight is 325 g/mol. The van der Waals surface area contributed by atoms with Crippen molar-refractivity contribution in [2.24, 2.45) is 7.05 Å². The number of likely N-dealkylation sites (tertiary alicyclic amines) is 1. The fourth-order valence-electron chi connectivity index (χ4n) is 3.25. The van der Waals surface area contributed by atoms with E-state index in [1.54, 1.807) is 10.7 Å². The van der Waals surface area contributed by atoms with Crippen molar-refractivity contribution in [2.45, 2.75) is 25.8 Å². The summed E-state index contributed by atoms with van der Waals surface area (Å²) in [4.78, 5) is 14.8. The Kier molecular flexibility index (Phi) is 3.48. The van der Waals surface area contributed by atoms with Crippen molar-refractivity contribution in [3.63, 3.8) is 0 Å². The molecule has 1 fully saturated rings. The van der Waals surface area contributed by atoms with Crippen LogP contribution in [0.15, 0.2) is 35.0 Å². The van der Waals surface area contributed by atoms with Crippen LogP contribution in [0.3, 0.4) is 0 Å². The number of aromatic nitrogens is 4. The van der Waals surface area contributed by atoms with Gasteiger partial charge < -0.3 is 9.32 Å². The highest BCUT2D eigenvalue weighted by molar-refractivity contribution is 5.93. The maximum absolute atomic E-state index is 12.9. The van der Waals surface area contributed by atoms with Gasteiger partial charge in [0.25, 0.3) is 5.91 Å². The molecular formula is C17H19N5O2. The van der Waals surface area contributed by atoms with Crippen LogP contribution in [-0.2, 0) is 7.05 Å². The van der Waals surface area contributed by atoms with E-state index in [1.165, 1.54) is 0 Å². The zero-order valence-corrected chi connectivity index (χ0v) is 13.7. The zero-order valence-electron chi connectivity index (χ0n) is 13.7. The lowest BCUT2D eigenvalue weighted by molar-refractivity contribution is 0.0729. The molecule has 1 N–H and O–H groups in total. The molecule has 0 aromatic carbocycles. The number of nitrogens with one attached hydrogen (secondary N) is 1. The van der Waals surface area contributed by atoms with Gasteiger partial charge >= 0.3 is 0 Å². The standard InChI is InChI=1S/C17H19N5O2/c1-11-5-6-16(24-11)13-8-14(20-19-13)17(23)22-7-3-4-15(22)12-9-18-21(2)10-12/h5-6,8-10,15H,3-4,7H2,1-2H3,(H,19,20)/t15-/m0/s1. The number of aromatic amines is 1. The second-order valence-electron chi connectivity index (χ2n) is 6.18. The molecule has 1 aliphatic heterocycles. The Hall–Kier alpha value is -2.83. The average Bonchev–Trinajstić information content (AvgIpc) is 3.33. The zero-order chi connectivity index (χ0) is 16.7. The molecule has 24 heavy (non-hydrogen) atoms. The molecule has 1 amide bonds. The summed E-state index contributed by atoms with van der Waals surface area (Å²) in [5.41, 5.74) is 2.19. The normalized spacial score (nSPS) is 17.6. The molecule has 0 radical (unpaired) electrons. The first-order valence-corrected chi connectivity index (χ1v) is 8.03. The molecule has 4 heterocycles. The lowest BCUT2D eigenvalue weighted by Gasteiger charge is -2.22. The van der Waals surface area contributed by atoms with E-state index in [9.17, 15) is 4.79 Å². The number of carbonyl (C=O) groups excluding carboxylic acids is 1. The SMILES string of the molecule is Cc1ccc(-c2cc(C(=O)N3CCC[C@H]3c3cnn(C)c3)n[nH]2)o1. The van der Waals surface area contributed by atoms with Crippen molar-refractivity contribution < 1.29 is 9.21 Å². The Labute approximate surface area is 139 Å². The Morgan fingerprint density at radius 1 is 1.42 bits per heavy atom. The Balaban J connectivity index is 1.58. The van der Waals surface area contributed by atoms with E-state index in [1.807, 2.05) is 43.4 Å². The van der Waals surface area contributed by atoms with Crippen molar-refractivity contribution in [2.75, 3.05) is 6.54 Å². The molecule has 1 aliphatic rings. The summed E-state index contributed by atoms with van der Waals surface area (Å²) in [6.45, 7) is 2.62. The van der Waals surface area contributed by atoms with E-state index in [0.717, 1.165) is 30.7 Å². The van der Waals surface area contributed by atoms with E-state index in [-0.39, 0.29) is 11.9 Å². The van der Waals surface area contributed by atoms with Crippen LogP contribution >= 0.6 is 0 Å². The molecule has 0 spiro atoms. The van der Waals surface area contributed by atoms with Gasteiger partial charge in [-0.2, -0.15) is 10.2 Å². The Morgan fingerprint density at radius 2 is 2.29 bits per heavy atom. The highest BCUT2D eigenvalue weighted by Crippen LogP contribution is 2.33. The van der Waals surface area contributed by atoms with E-state index in [2.05, 4.69) is 15.3 Å². The van der Waals surface area contributed by atoms with Gasteiger partial charge in [-0.1, -0.05) is 0 Å². The van der Waals surface area contributed by atoms with E-state index >= 15 is 0 Å². The van der Waals surface area contributed by atoms with E-state index in [4.69, 9.17) is 4.42 Å². The van der Waals surface area contributed by atoms with Gasteiger partial charge in [-0.3, -0.25) is 14.6 Å². The van der Waals surface area contributed by atoms with Crippen molar-refractivity contribution in [1.29, 1.82) is 0 Å². The number of H-pyrrole nitrogens is 1. The van der Waals surface area contributed by atoms with Gasteiger partial charge in [0.2, 0.25) is 0 Å². The fourth-order valence-corrected chi connectivity index (χ4v) is 3.25. The summed E-state index contributed by atoms with van der Waals surface area (Å²) in [5, 5.41) is 11.3. The third-order valence-corrected chi connectivity index (χ3v) is 4.43. The van der Waals surface area contributed by atoms with Gasteiger partial charge in [-0.15, -0.1) is 0 Å². The molecular weight excluding hydrogens is 306 g/mol. The summed E-state index contributed by atoms with van der Waals surface area (Å²) in [6.07, 6.45) is 5.74. The summed E-state index contributed by atoms with van der Waals surface area (Å²) in [7, 11) is 1.88. The van der Waals surface area contributed by atoms with Gasteiger partial charge in [0.05, 0.1) is 12.2 Å². The molecule has 0 bridgehead atoms. The second-order valence-corrected chi connectivity index (χ2v) is 6.18. The number of aryl methyl sites for hydroxylation is 2. The first-order valence-electron chi connectivity index (χ1n) is 8.03. The Bertz CT molecular complexity index is 875. The quantitative estimate of drug-likeness (QED) is 0.803. The third kappa shape index (κ3) is 2.51. The summed E-state index contributed by atoms with van der Waals surface area (Å²) in [5.74, 6) is 1.44. The van der Waals surface area contributed by atoms with Gasteiger partial charge in [0, 0.05) is 31.4 Å². The van der Waals surface area contributed by atoms with Gasteiger partial charge in [0.1, 0.15) is 11.5 Å². The molecule has 124 valence electrons. The van der Waals surface area contributed by atoms with E-state index < -0.39 is 0 Å². The lowest BCUT2D eigenvalue weighted by Crippen LogP contribution is -2.30. The van der Waals surface area contributed by atoms with Gasteiger partial charge in [0.15, 0.2) is 11.5 Å². The number of rotatable bonds is 3. The molecule has 3 aromatic heterocycles. The number of carbonyl (C=O) groups is 1. The molecule has 0 aliphatic carbocycles. The largest absolute Gasteiger partial charge is 0.460 e. The Morgan fingerprint density at radius 3 is 3.00 bits per heavy atom. The number of amides is 1. The minimum Gasteiger partial charge on any atom is -0.460 e. The van der Waals surface area contributed by atoms with Crippen LogP contribution in [-0.4, -0.2) is 37.3 Å². The summed E-state index contributed by atoms with van der Waals surface area (Å²) < 4.78 is 7.34. The minimum atomic E-state index is -0.0628. The van der Waals surface area contributed by atoms with E-state index in [0.29, 0.717) is 17.1 Å². The summed E-state index contributed by atoms with van der Waals surface area (Å²) >= 11 is 0. The lowest BCUT2D eigenvalue weighted by atomic mass is 10.1. The maximum Gasteiger partial charge on any atom is 0.274 e. The molecule has 1 atom stereocenters. The predicted molar refractivity (Wildman–Crippen MR) is 87.2 cm³/mol.